The van der Waals surface area contributed by atoms with E-state index in [0.717, 1.165) is 23.3 Å². The van der Waals surface area contributed by atoms with Gasteiger partial charge in [-0.25, -0.2) is 8.42 Å². The van der Waals surface area contributed by atoms with Crippen LogP contribution >= 0.6 is 0 Å². The van der Waals surface area contributed by atoms with Crippen LogP contribution in [0.2, 0.25) is 0 Å². The Balaban J connectivity index is 1.75. The highest BCUT2D eigenvalue weighted by atomic mass is 32.2. The van der Waals surface area contributed by atoms with Gasteiger partial charge in [-0.1, -0.05) is 18.2 Å². The molecule has 1 saturated heterocycles. The Hall–Kier alpha value is -2.54. The maximum Gasteiger partial charge on any atom is 0.254 e. The fourth-order valence-electron chi connectivity index (χ4n) is 3.38. The van der Waals surface area contributed by atoms with Crippen LogP contribution in [0.15, 0.2) is 47.4 Å². The van der Waals surface area contributed by atoms with Crippen molar-refractivity contribution in [3.8, 4) is 5.75 Å². The predicted molar refractivity (Wildman–Crippen MR) is 110 cm³/mol. The zero-order valence-corrected chi connectivity index (χ0v) is 17.3. The summed E-state index contributed by atoms with van der Waals surface area (Å²) in [6.45, 7) is 6.92. The number of benzene rings is 2. The van der Waals surface area contributed by atoms with Gasteiger partial charge in [0.15, 0.2) is 9.84 Å². The number of amides is 1. The minimum absolute atomic E-state index is 0.124. The molecule has 28 heavy (non-hydrogen) atoms. The quantitative estimate of drug-likeness (QED) is 0.769. The molecule has 1 amide bonds. The largest absolute Gasteiger partial charge is 0.492 e. The Morgan fingerprint density at radius 3 is 2.39 bits per heavy atom. The summed E-state index contributed by atoms with van der Waals surface area (Å²) in [7, 11) is -3.35. The molecular formula is C21H26N2O4S. The maximum absolute atomic E-state index is 13.0. The molecule has 2 aromatic carbocycles. The molecule has 0 radical (unpaired) electrons. The first kappa shape index (κ1) is 20.2. The molecule has 0 saturated carbocycles. The maximum atomic E-state index is 13.0. The third-order valence-corrected chi connectivity index (χ3v) is 6.05. The second-order valence-corrected chi connectivity index (χ2v) is 8.94. The molecule has 1 fully saturated rings. The van der Waals surface area contributed by atoms with Crippen molar-refractivity contribution in [2.45, 2.75) is 18.7 Å². The minimum atomic E-state index is -3.35. The van der Waals surface area contributed by atoms with E-state index in [-0.39, 0.29) is 10.8 Å². The normalized spacial score (nSPS) is 14.8. The van der Waals surface area contributed by atoms with Gasteiger partial charge in [-0.15, -0.1) is 0 Å². The second-order valence-electron chi connectivity index (χ2n) is 6.93. The van der Waals surface area contributed by atoms with Gasteiger partial charge in [0, 0.05) is 38.0 Å². The van der Waals surface area contributed by atoms with Crippen LogP contribution in [0.4, 0.5) is 5.69 Å². The second kappa shape index (κ2) is 8.22. The van der Waals surface area contributed by atoms with Crippen molar-refractivity contribution in [1.82, 2.24) is 4.90 Å². The average molecular weight is 403 g/mol. The van der Waals surface area contributed by atoms with Crippen LogP contribution in [0.3, 0.4) is 0 Å². The summed E-state index contributed by atoms with van der Waals surface area (Å²) in [4.78, 5) is 17.2. The number of sulfone groups is 1. The van der Waals surface area contributed by atoms with E-state index in [4.69, 9.17) is 4.74 Å². The summed E-state index contributed by atoms with van der Waals surface area (Å²) in [6.07, 6.45) is 1.15. The van der Waals surface area contributed by atoms with Crippen LogP contribution in [0.1, 0.15) is 22.8 Å². The molecular weight excluding hydrogens is 376 g/mol. The fourth-order valence-corrected chi connectivity index (χ4v) is 4.03. The first-order valence-electron chi connectivity index (χ1n) is 9.38. The number of piperazine rings is 1. The molecule has 150 valence electrons. The molecule has 0 aliphatic carbocycles. The van der Waals surface area contributed by atoms with Crippen LogP contribution < -0.4 is 9.64 Å². The van der Waals surface area contributed by atoms with Crippen LogP contribution in [-0.4, -0.2) is 58.3 Å². The number of ether oxygens (including phenoxy) is 1. The van der Waals surface area contributed by atoms with Gasteiger partial charge in [-0.05, 0) is 43.7 Å². The number of hydrogen-bond donors (Lipinski definition) is 0. The molecule has 3 rings (SSSR count). The highest BCUT2D eigenvalue weighted by Gasteiger charge is 2.25. The van der Waals surface area contributed by atoms with Crippen molar-refractivity contribution >= 4 is 21.4 Å². The topological polar surface area (TPSA) is 66.9 Å². The van der Waals surface area contributed by atoms with Crippen molar-refractivity contribution in [3.05, 3.63) is 53.6 Å². The summed E-state index contributed by atoms with van der Waals surface area (Å²) < 4.78 is 29.4. The highest BCUT2D eigenvalue weighted by Crippen LogP contribution is 2.29. The zero-order valence-electron chi connectivity index (χ0n) is 16.5. The van der Waals surface area contributed by atoms with Crippen LogP contribution in [0.25, 0.3) is 0 Å². The smallest absolute Gasteiger partial charge is 0.254 e. The molecule has 0 N–H and O–H groups in total. The lowest BCUT2D eigenvalue weighted by molar-refractivity contribution is 0.0745. The van der Waals surface area contributed by atoms with E-state index >= 15 is 0 Å². The predicted octanol–water partition coefficient (Wildman–Crippen LogP) is 2.76. The number of hydrogen-bond acceptors (Lipinski definition) is 5. The van der Waals surface area contributed by atoms with E-state index in [1.165, 1.54) is 6.07 Å². The van der Waals surface area contributed by atoms with Gasteiger partial charge in [0.2, 0.25) is 0 Å². The molecule has 0 atom stereocenters. The summed E-state index contributed by atoms with van der Waals surface area (Å²) in [5.74, 6) is 0.724. The number of rotatable bonds is 5. The molecule has 0 aromatic heterocycles. The van der Waals surface area contributed by atoms with Gasteiger partial charge in [0.1, 0.15) is 5.75 Å². The number of para-hydroxylation sites is 2. The molecule has 7 heteroatoms. The van der Waals surface area contributed by atoms with Crippen LogP contribution in [-0.2, 0) is 9.84 Å². The summed E-state index contributed by atoms with van der Waals surface area (Å²) >= 11 is 0. The summed E-state index contributed by atoms with van der Waals surface area (Å²) in [5, 5.41) is 0. The SMILES string of the molecule is CCOc1ccccc1N1CCN(C(=O)c2cc(S(C)(=O)=O)ccc2C)CC1. The van der Waals surface area contributed by atoms with Gasteiger partial charge < -0.3 is 14.5 Å². The van der Waals surface area contributed by atoms with Crippen molar-refractivity contribution in [1.29, 1.82) is 0 Å². The molecule has 1 aliphatic heterocycles. The first-order valence-corrected chi connectivity index (χ1v) is 11.3. The molecule has 2 aromatic rings. The minimum Gasteiger partial charge on any atom is -0.492 e. The Kier molecular flexibility index (Phi) is 5.93. The van der Waals surface area contributed by atoms with Crippen molar-refractivity contribution in [2.24, 2.45) is 0 Å². The number of carbonyl (C=O) groups excluding carboxylic acids is 1. The Bertz CT molecular complexity index is 964. The van der Waals surface area contributed by atoms with Crippen molar-refractivity contribution in [2.75, 3.05) is 43.9 Å². The van der Waals surface area contributed by atoms with E-state index in [9.17, 15) is 13.2 Å². The lowest BCUT2D eigenvalue weighted by atomic mass is 10.1. The van der Waals surface area contributed by atoms with Gasteiger partial charge >= 0.3 is 0 Å². The van der Waals surface area contributed by atoms with E-state index in [2.05, 4.69) is 4.90 Å². The van der Waals surface area contributed by atoms with Gasteiger partial charge in [-0.2, -0.15) is 0 Å². The molecule has 0 unspecified atom stereocenters. The molecule has 0 bridgehead atoms. The lowest BCUT2D eigenvalue weighted by Gasteiger charge is -2.37. The molecule has 6 nitrogen and oxygen atoms in total. The molecule has 1 aliphatic rings. The molecule has 0 spiro atoms. The third-order valence-electron chi connectivity index (χ3n) is 4.94. The van der Waals surface area contributed by atoms with Gasteiger partial charge in [-0.3, -0.25) is 4.79 Å². The number of anilines is 1. The summed E-state index contributed by atoms with van der Waals surface area (Å²) in [6, 6.07) is 12.6. The first-order chi connectivity index (χ1) is 13.3. The number of carbonyl (C=O) groups is 1. The zero-order chi connectivity index (χ0) is 20.3. The van der Waals surface area contributed by atoms with Crippen molar-refractivity contribution < 1.29 is 17.9 Å². The monoisotopic (exact) mass is 402 g/mol. The van der Waals surface area contributed by atoms with Crippen LogP contribution in [0.5, 0.6) is 5.75 Å². The molecule has 1 heterocycles. The summed E-state index contributed by atoms with van der Waals surface area (Å²) in [5.41, 5.74) is 2.26. The van der Waals surface area contributed by atoms with Gasteiger partial charge in [0.05, 0.1) is 17.2 Å². The van der Waals surface area contributed by atoms with E-state index in [0.29, 0.717) is 38.3 Å². The Morgan fingerprint density at radius 1 is 1.07 bits per heavy atom. The Morgan fingerprint density at radius 2 is 1.75 bits per heavy atom. The number of nitrogens with zero attached hydrogens (tertiary/aromatic N) is 2. The van der Waals surface area contributed by atoms with E-state index in [1.54, 1.807) is 17.0 Å². The van der Waals surface area contributed by atoms with E-state index < -0.39 is 9.84 Å². The van der Waals surface area contributed by atoms with E-state index in [1.807, 2.05) is 38.1 Å². The lowest BCUT2D eigenvalue weighted by Crippen LogP contribution is -2.49. The number of aryl methyl sites for hydroxylation is 1. The highest BCUT2D eigenvalue weighted by molar-refractivity contribution is 7.90. The third kappa shape index (κ3) is 4.30. The van der Waals surface area contributed by atoms with Crippen LogP contribution in [0, 0.1) is 6.92 Å². The standard InChI is InChI=1S/C21H26N2O4S/c1-4-27-20-8-6-5-7-19(20)22-11-13-23(14-12-22)21(24)18-15-17(28(3,25)26)10-9-16(18)2/h5-10,15H,4,11-14H2,1-3H3. The Labute approximate surface area is 166 Å². The van der Waals surface area contributed by atoms with Crippen molar-refractivity contribution in [3.63, 3.8) is 0 Å². The fraction of sp³-hybridized carbons (Fsp3) is 0.381. The van der Waals surface area contributed by atoms with Gasteiger partial charge in [0.25, 0.3) is 5.91 Å². The average Bonchev–Trinajstić information content (AvgIpc) is 2.68.